The molecule has 0 radical (unpaired) electrons. The first kappa shape index (κ1) is 18.8. The van der Waals surface area contributed by atoms with E-state index in [1.54, 1.807) is 23.1 Å². The first-order valence-electron chi connectivity index (χ1n) is 8.93. The molecule has 1 aliphatic heterocycles. The van der Waals surface area contributed by atoms with Gasteiger partial charge in [0.15, 0.2) is 18.1 Å². The summed E-state index contributed by atoms with van der Waals surface area (Å²) < 4.78 is 16.3. The van der Waals surface area contributed by atoms with Gasteiger partial charge in [-0.25, -0.2) is 4.79 Å². The Bertz CT molecular complexity index is 790. The number of benzene rings is 2. The number of esters is 1. The van der Waals surface area contributed by atoms with E-state index >= 15 is 0 Å². The van der Waals surface area contributed by atoms with Crippen molar-refractivity contribution in [2.45, 2.75) is 32.5 Å². The minimum absolute atomic E-state index is 0.0162. The van der Waals surface area contributed by atoms with E-state index in [1.807, 2.05) is 50.2 Å². The van der Waals surface area contributed by atoms with Crippen molar-refractivity contribution in [3.63, 3.8) is 0 Å². The molecule has 1 aliphatic rings. The van der Waals surface area contributed by atoms with E-state index in [2.05, 4.69) is 0 Å². The van der Waals surface area contributed by atoms with Crippen molar-refractivity contribution in [2.24, 2.45) is 0 Å². The number of rotatable bonds is 6. The molecule has 0 N–H and O–H groups in total. The van der Waals surface area contributed by atoms with Crippen molar-refractivity contribution in [1.29, 1.82) is 0 Å². The van der Waals surface area contributed by atoms with Crippen LogP contribution in [0.15, 0.2) is 54.6 Å². The minimum atomic E-state index is -0.880. The van der Waals surface area contributed by atoms with Gasteiger partial charge in [0.2, 0.25) is 6.10 Å². The van der Waals surface area contributed by atoms with Gasteiger partial charge in [-0.1, -0.05) is 42.5 Å². The Labute approximate surface area is 158 Å². The summed E-state index contributed by atoms with van der Waals surface area (Å²) in [6.07, 6.45) is -0.880. The molecule has 0 aromatic heterocycles. The SMILES string of the molecule is CC(C)N(Cc1ccccc1)C(=O)COC(=O)[C@@H]1COc2ccccc2O1. The standard InChI is InChI=1S/C21H23NO5/c1-15(2)22(12-16-8-4-3-5-9-16)20(23)14-26-21(24)19-13-25-17-10-6-7-11-18(17)27-19/h3-11,15,19H,12-14H2,1-2H3/t19-/m0/s1. The molecule has 0 saturated carbocycles. The molecule has 27 heavy (non-hydrogen) atoms. The third kappa shape index (κ3) is 4.78. The van der Waals surface area contributed by atoms with Gasteiger partial charge in [0.25, 0.3) is 5.91 Å². The summed E-state index contributed by atoms with van der Waals surface area (Å²) in [5, 5.41) is 0. The van der Waals surface area contributed by atoms with Gasteiger partial charge in [-0.3, -0.25) is 4.79 Å². The maximum Gasteiger partial charge on any atom is 0.351 e. The zero-order valence-corrected chi connectivity index (χ0v) is 15.5. The fraction of sp³-hybridized carbons (Fsp3) is 0.333. The van der Waals surface area contributed by atoms with Crippen LogP contribution in [0.25, 0.3) is 0 Å². The zero-order valence-electron chi connectivity index (χ0n) is 15.5. The Morgan fingerprint density at radius 2 is 1.74 bits per heavy atom. The van der Waals surface area contributed by atoms with Crippen LogP contribution in [0.2, 0.25) is 0 Å². The number of amides is 1. The Balaban J connectivity index is 1.55. The van der Waals surface area contributed by atoms with Crippen LogP contribution in [-0.4, -0.2) is 42.1 Å². The largest absolute Gasteiger partial charge is 0.485 e. The molecule has 6 heteroatoms. The van der Waals surface area contributed by atoms with Crippen molar-refractivity contribution in [3.05, 3.63) is 60.2 Å². The molecule has 0 saturated heterocycles. The van der Waals surface area contributed by atoms with Gasteiger partial charge in [-0.05, 0) is 31.5 Å². The van der Waals surface area contributed by atoms with Crippen molar-refractivity contribution in [3.8, 4) is 11.5 Å². The highest BCUT2D eigenvalue weighted by molar-refractivity contribution is 5.82. The lowest BCUT2D eigenvalue weighted by molar-refractivity contribution is -0.160. The molecule has 0 bridgehead atoms. The number of para-hydroxylation sites is 2. The molecule has 2 aromatic rings. The molecule has 0 fully saturated rings. The van der Waals surface area contributed by atoms with Crippen LogP contribution in [0.3, 0.4) is 0 Å². The summed E-state index contributed by atoms with van der Waals surface area (Å²) in [7, 11) is 0. The van der Waals surface area contributed by atoms with E-state index < -0.39 is 12.1 Å². The molecule has 0 unspecified atom stereocenters. The second-order valence-corrected chi connectivity index (χ2v) is 6.57. The molecular weight excluding hydrogens is 346 g/mol. The summed E-state index contributed by atoms with van der Waals surface area (Å²) in [4.78, 5) is 26.5. The van der Waals surface area contributed by atoms with Crippen LogP contribution in [0, 0.1) is 0 Å². The van der Waals surface area contributed by atoms with E-state index in [0.29, 0.717) is 18.0 Å². The highest BCUT2D eigenvalue weighted by Crippen LogP contribution is 2.31. The summed E-state index contributed by atoms with van der Waals surface area (Å²) >= 11 is 0. The number of carbonyl (C=O) groups excluding carboxylic acids is 2. The number of nitrogens with zero attached hydrogens (tertiary/aromatic N) is 1. The van der Waals surface area contributed by atoms with Crippen LogP contribution in [0.5, 0.6) is 11.5 Å². The number of hydrogen-bond acceptors (Lipinski definition) is 5. The van der Waals surface area contributed by atoms with Gasteiger partial charge in [0, 0.05) is 12.6 Å². The maximum absolute atomic E-state index is 12.6. The summed E-state index contributed by atoms with van der Waals surface area (Å²) in [5.41, 5.74) is 1.02. The van der Waals surface area contributed by atoms with Gasteiger partial charge in [0.05, 0.1) is 0 Å². The number of carbonyl (C=O) groups is 2. The van der Waals surface area contributed by atoms with Crippen LogP contribution < -0.4 is 9.47 Å². The fourth-order valence-electron chi connectivity index (χ4n) is 2.78. The van der Waals surface area contributed by atoms with E-state index in [4.69, 9.17) is 14.2 Å². The van der Waals surface area contributed by atoms with Crippen molar-refractivity contribution in [2.75, 3.05) is 13.2 Å². The predicted molar refractivity (Wildman–Crippen MR) is 99.4 cm³/mol. The fourth-order valence-corrected chi connectivity index (χ4v) is 2.78. The van der Waals surface area contributed by atoms with Gasteiger partial charge >= 0.3 is 5.97 Å². The van der Waals surface area contributed by atoms with Crippen molar-refractivity contribution in [1.82, 2.24) is 4.90 Å². The van der Waals surface area contributed by atoms with Gasteiger partial charge in [-0.15, -0.1) is 0 Å². The molecular formula is C21H23NO5. The summed E-state index contributed by atoms with van der Waals surface area (Å²) in [6.45, 7) is 4.05. The lowest BCUT2D eigenvalue weighted by Crippen LogP contribution is -2.42. The van der Waals surface area contributed by atoms with E-state index in [9.17, 15) is 9.59 Å². The molecule has 0 aliphatic carbocycles. The molecule has 1 atom stereocenters. The number of hydrogen-bond donors (Lipinski definition) is 0. The lowest BCUT2D eigenvalue weighted by atomic mass is 10.2. The molecule has 6 nitrogen and oxygen atoms in total. The number of fused-ring (bicyclic) bond motifs is 1. The van der Waals surface area contributed by atoms with Crippen LogP contribution in [0.1, 0.15) is 19.4 Å². The molecule has 1 amide bonds. The Kier molecular flexibility index (Phi) is 5.96. The van der Waals surface area contributed by atoms with Crippen LogP contribution in [-0.2, 0) is 20.9 Å². The molecule has 0 spiro atoms. The quantitative estimate of drug-likeness (QED) is 0.733. The second-order valence-electron chi connectivity index (χ2n) is 6.57. The Hall–Kier alpha value is -3.02. The summed E-state index contributed by atoms with van der Waals surface area (Å²) in [5.74, 6) is 0.219. The van der Waals surface area contributed by atoms with Crippen LogP contribution in [0.4, 0.5) is 0 Å². The van der Waals surface area contributed by atoms with E-state index in [-0.39, 0.29) is 25.2 Å². The third-order valence-corrected chi connectivity index (χ3v) is 4.25. The molecule has 3 rings (SSSR count). The zero-order chi connectivity index (χ0) is 19.2. The van der Waals surface area contributed by atoms with Crippen molar-refractivity contribution >= 4 is 11.9 Å². The van der Waals surface area contributed by atoms with Crippen molar-refractivity contribution < 1.29 is 23.8 Å². The molecule has 2 aromatic carbocycles. The van der Waals surface area contributed by atoms with E-state index in [0.717, 1.165) is 5.56 Å². The predicted octanol–water partition coefficient (Wildman–Crippen LogP) is 2.81. The molecule has 1 heterocycles. The average molecular weight is 369 g/mol. The number of ether oxygens (including phenoxy) is 3. The highest BCUT2D eigenvalue weighted by atomic mass is 16.6. The first-order chi connectivity index (χ1) is 13.0. The summed E-state index contributed by atoms with van der Waals surface area (Å²) in [6, 6.07) is 16.8. The monoisotopic (exact) mass is 369 g/mol. The average Bonchev–Trinajstić information content (AvgIpc) is 2.70. The maximum atomic E-state index is 12.6. The first-order valence-corrected chi connectivity index (χ1v) is 8.93. The van der Waals surface area contributed by atoms with Crippen LogP contribution >= 0.6 is 0 Å². The van der Waals surface area contributed by atoms with Gasteiger partial charge in [0.1, 0.15) is 6.61 Å². The minimum Gasteiger partial charge on any atom is -0.485 e. The van der Waals surface area contributed by atoms with Gasteiger partial charge in [-0.2, -0.15) is 0 Å². The third-order valence-electron chi connectivity index (χ3n) is 4.25. The Morgan fingerprint density at radius 1 is 1.07 bits per heavy atom. The topological polar surface area (TPSA) is 65.1 Å². The van der Waals surface area contributed by atoms with E-state index in [1.165, 1.54) is 0 Å². The second kappa shape index (κ2) is 8.58. The Morgan fingerprint density at radius 3 is 2.44 bits per heavy atom. The smallest absolute Gasteiger partial charge is 0.351 e. The van der Waals surface area contributed by atoms with Gasteiger partial charge < -0.3 is 19.1 Å². The molecule has 142 valence electrons. The highest BCUT2D eigenvalue weighted by Gasteiger charge is 2.29. The lowest BCUT2D eigenvalue weighted by Gasteiger charge is -2.28. The normalized spacial score (nSPS) is 15.3.